The number of carbonyl (C=O) groups excluding carboxylic acids is 2. The summed E-state index contributed by atoms with van der Waals surface area (Å²) in [4.78, 5) is 36.5. The Morgan fingerprint density at radius 3 is 2.41 bits per heavy atom. The Balaban J connectivity index is 2.38. The third-order valence-corrected chi connectivity index (χ3v) is 3.92. The van der Waals surface area contributed by atoms with Crippen molar-refractivity contribution in [1.82, 2.24) is 10.6 Å². The number of amides is 2. The van der Waals surface area contributed by atoms with Crippen molar-refractivity contribution >= 4 is 29.1 Å². The lowest BCUT2D eigenvalue weighted by molar-refractivity contribution is -0.142. The molecule has 0 aliphatic rings. The lowest BCUT2D eigenvalue weighted by atomic mass is 10.0. The first-order valence-electron chi connectivity index (χ1n) is 7.12. The van der Waals surface area contributed by atoms with E-state index in [2.05, 4.69) is 10.6 Å². The van der Waals surface area contributed by atoms with Crippen LogP contribution >= 0.6 is 11.3 Å². The van der Waals surface area contributed by atoms with Gasteiger partial charge in [0.15, 0.2) is 0 Å². The summed E-state index contributed by atoms with van der Waals surface area (Å²) in [7, 11) is 0. The molecule has 3 N–H and O–H groups in total. The quantitative estimate of drug-likeness (QED) is 0.671. The number of rotatable bonds is 8. The average molecular weight is 326 g/mol. The minimum absolute atomic E-state index is 0.151. The molecule has 0 aliphatic heterocycles. The van der Waals surface area contributed by atoms with Crippen LogP contribution < -0.4 is 10.6 Å². The van der Waals surface area contributed by atoms with Crippen molar-refractivity contribution in [2.45, 2.75) is 39.7 Å². The summed E-state index contributed by atoms with van der Waals surface area (Å²) in [6.07, 6.45) is 0.573. The first-order chi connectivity index (χ1) is 10.3. The highest BCUT2D eigenvalue weighted by molar-refractivity contribution is 7.12. The maximum Gasteiger partial charge on any atom is 0.326 e. The molecule has 0 aromatic carbocycles. The predicted octanol–water partition coefficient (Wildman–Crippen LogP) is 1.33. The van der Waals surface area contributed by atoms with E-state index in [1.807, 2.05) is 32.9 Å². The van der Waals surface area contributed by atoms with Crippen molar-refractivity contribution in [2.24, 2.45) is 5.92 Å². The van der Waals surface area contributed by atoms with Gasteiger partial charge in [0.05, 0.1) is 13.0 Å². The third-order valence-electron chi connectivity index (χ3n) is 2.92. The van der Waals surface area contributed by atoms with E-state index in [0.29, 0.717) is 6.42 Å². The Labute approximate surface area is 133 Å². The molecule has 122 valence electrons. The van der Waals surface area contributed by atoms with Gasteiger partial charge in [-0.1, -0.05) is 13.8 Å². The normalized spacial score (nSPS) is 12.0. The predicted molar refractivity (Wildman–Crippen MR) is 84.8 cm³/mol. The summed E-state index contributed by atoms with van der Waals surface area (Å²) in [6, 6.07) is 2.89. The second kappa shape index (κ2) is 8.53. The summed E-state index contributed by atoms with van der Waals surface area (Å²) in [5, 5.41) is 14.0. The summed E-state index contributed by atoms with van der Waals surface area (Å²) in [5.74, 6) is -1.67. The molecule has 0 aliphatic carbocycles. The fourth-order valence-corrected chi connectivity index (χ4v) is 2.81. The van der Waals surface area contributed by atoms with Gasteiger partial charge < -0.3 is 15.7 Å². The third kappa shape index (κ3) is 6.71. The molecule has 1 aromatic heterocycles. The molecular weight excluding hydrogens is 304 g/mol. The van der Waals surface area contributed by atoms with E-state index in [4.69, 9.17) is 5.11 Å². The van der Waals surface area contributed by atoms with Gasteiger partial charge in [0.1, 0.15) is 6.04 Å². The van der Waals surface area contributed by atoms with Gasteiger partial charge in [-0.25, -0.2) is 4.79 Å². The first-order valence-corrected chi connectivity index (χ1v) is 7.93. The SMILES string of the molecule is Cc1ccc(CC(=O)NCC(=O)N[C@@H](CC(C)C)C(=O)O)s1. The number of nitrogens with one attached hydrogen (secondary N) is 2. The van der Waals surface area contributed by atoms with Crippen molar-refractivity contribution in [3.05, 3.63) is 21.9 Å². The van der Waals surface area contributed by atoms with E-state index in [1.165, 1.54) is 11.3 Å². The van der Waals surface area contributed by atoms with E-state index >= 15 is 0 Å². The second-order valence-corrected chi connectivity index (χ2v) is 6.93. The molecule has 0 spiro atoms. The molecule has 1 rings (SSSR count). The number of aliphatic carboxylic acids is 1. The summed E-state index contributed by atoms with van der Waals surface area (Å²) in [6.45, 7) is 5.51. The highest BCUT2D eigenvalue weighted by atomic mass is 32.1. The molecule has 7 heteroatoms. The van der Waals surface area contributed by atoms with E-state index in [9.17, 15) is 14.4 Å². The number of carboxylic acid groups (broad SMARTS) is 1. The molecule has 1 aromatic rings. The molecule has 0 radical (unpaired) electrons. The topological polar surface area (TPSA) is 95.5 Å². The largest absolute Gasteiger partial charge is 0.480 e. The van der Waals surface area contributed by atoms with Crippen molar-refractivity contribution in [3.63, 3.8) is 0 Å². The molecule has 22 heavy (non-hydrogen) atoms. The molecule has 1 atom stereocenters. The van der Waals surface area contributed by atoms with Crippen LogP contribution in [0.25, 0.3) is 0 Å². The maximum absolute atomic E-state index is 11.7. The fourth-order valence-electron chi connectivity index (χ4n) is 1.92. The van der Waals surface area contributed by atoms with Gasteiger partial charge in [0, 0.05) is 9.75 Å². The molecule has 0 saturated carbocycles. The van der Waals surface area contributed by atoms with Crippen LogP contribution in [-0.2, 0) is 20.8 Å². The molecule has 0 unspecified atom stereocenters. The van der Waals surface area contributed by atoms with E-state index in [-0.39, 0.29) is 24.8 Å². The number of hydrogen-bond acceptors (Lipinski definition) is 4. The van der Waals surface area contributed by atoms with Crippen LogP contribution in [0.15, 0.2) is 12.1 Å². The Morgan fingerprint density at radius 1 is 1.23 bits per heavy atom. The Hall–Kier alpha value is -1.89. The Morgan fingerprint density at radius 2 is 1.91 bits per heavy atom. The molecule has 0 fully saturated rings. The van der Waals surface area contributed by atoms with Gasteiger partial charge in [-0.3, -0.25) is 9.59 Å². The van der Waals surface area contributed by atoms with Crippen LogP contribution in [0.3, 0.4) is 0 Å². The van der Waals surface area contributed by atoms with Crippen LogP contribution in [-0.4, -0.2) is 35.5 Å². The van der Waals surface area contributed by atoms with Crippen LogP contribution in [0.1, 0.15) is 30.0 Å². The van der Waals surface area contributed by atoms with Gasteiger partial charge in [0.25, 0.3) is 0 Å². The van der Waals surface area contributed by atoms with Gasteiger partial charge in [0.2, 0.25) is 11.8 Å². The Kier molecular flexibility index (Phi) is 7.04. The number of thiophene rings is 1. The van der Waals surface area contributed by atoms with Gasteiger partial charge in [-0.2, -0.15) is 0 Å². The zero-order chi connectivity index (χ0) is 16.7. The minimum Gasteiger partial charge on any atom is -0.480 e. The fraction of sp³-hybridized carbons (Fsp3) is 0.533. The monoisotopic (exact) mass is 326 g/mol. The lowest BCUT2D eigenvalue weighted by Gasteiger charge is -2.16. The van der Waals surface area contributed by atoms with Gasteiger partial charge in [-0.15, -0.1) is 11.3 Å². The van der Waals surface area contributed by atoms with E-state index in [1.54, 1.807) is 0 Å². The number of aryl methyl sites for hydroxylation is 1. The average Bonchev–Trinajstić information content (AvgIpc) is 2.80. The van der Waals surface area contributed by atoms with Crippen molar-refractivity contribution in [2.75, 3.05) is 6.54 Å². The summed E-state index contributed by atoms with van der Waals surface area (Å²) in [5.41, 5.74) is 0. The first kappa shape index (κ1) is 18.2. The Bertz CT molecular complexity index is 539. The van der Waals surface area contributed by atoms with Crippen molar-refractivity contribution in [1.29, 1.82) is 0 Å². The number of carboxylic acids is 1. The van der Waals surface area contributed by atoms with Crippen molar-refractivity contribution in [3.8, 4) is 0 Å². The summed E-state index contributed by atoms with van der Waals surface area (Å²) < 4.78 is 0. The molecule has 0 bridgehead atoms. The highest BCUT2D eigenvalue weighted by Crippen LogP contribution is 2.15. The molecular formula is C15H22N2O4S. The highest BCUT2D eigenvalue weighted by Gasteiger charge is 2.21. The number of carbonyl (C=O) groups is 3. The maximum atomic E-state index is 11.7. The summed E-state index contributed by atoms with van der Waals surface area (Å²) >= 11 is 1.53. The van der Waals surface area contributed by atoms with Crippen LogP contribution in [0.4, 0.5) is 0 Å². The number of hydrogen-bond donors (Lipinski definition) is 3. The van der Waals surface area contributed by atoms with Gasteiger partial charge >= 0.3 is 5.97 Å². The smallest absolute Gasteiger partial charge is 0.326 e. The molecule has 2 amide bonds. The van der Waals surface area contributed by atoms with Crippen LogP contribution in [0.2, 0.25) is 0 Å². The van der Waals surface area contributed by atoms with Crippen LogP contribution in [0.5, 0.6) is 0 Å². The standard InChI is InChI=1S/C15H22N2O4S/c1-9(2)6-12(15(20)21)17-14(19)8-16-13(18)7-11-5-4-10(3)22-11/h4-5,9,12H,6-8H2,1-3H3,(H,16,18)(H,17,19)(H,20,21)/t12-/m0/s1. The molecule has 0 saturated heterocycles. The second-order valence-electron chi connectivity index (χ2n) is 5.55. The van der Waals surface area contributed by atoms with E-state index in [0.717, 1.165) is 9.75 Å². The lowest BCUT2D eigenvalue weighted by Crippen LogP contribution is -2.46. The molecule has 6 nitrogen and oxygen atoms in total. The zero-order valence-corrected chi connectivity index (χ0v) is 13.8. The molecule has 1 heterocycles. The zero-order valence-electron chi connectivity index (χ0n) is 13.0. The minimum atomic E-state index is -1.07. The van der Waals surface area contributed by atoms with Gasteiger partial charge in [-0.05, 0) is 31.4 Å². The van der Waals surface area contributed by atoms with Crippen LogP contribution in [0, 0.1) is 12.8 Å². The van der Waals surface area contributed by atoms with Crippen molar-refractivity contribution < 1.29 is 19.5 Å². The van der Waals surface area contributed by atoms with E-state index < -0.39 is 17.9 Å².